The number of likely N-dealkylation sites (N-methyl/N-ethyl adjacent to an activating group) is 1. The number of halogens is 2. The van der Waals surface area contributed by atoms with E-state index >= 15 is 0 Å². The molecule has 0 aliphatic carbocycles. The van der Waals surface area contributed by atoms with E-state index in [0.29, 0.717) is 57.9 Å². The van der Waals surface area contributed by atoms with E-state index in [9.17, 15) is 18.8 Å². The molecule has 0 spiro atoms. The molecule has 57 heavy (non-hydrogen) atoms. The van der Waals surface area contributed by atoms with Crippen molar-refractivity contribution in [3.05, 3.63) is 88.5 Å². The molecule has 294 valence electrons. The molecule has 0 amide bonds. The molecule has 2 aliphatic rings. The lowest BCUT2D eigenvalue weighted by Gasteiger charge is -2.22. The highest BCUT2D eigenvalue weighted by Gasteiger charge is 2.31. The number of carbonyl (C=O) groups is 1. The molecular weight excluding hydrogens is 731 g/mol. The molecule has 2 aromatic heterocycles. The van der Waals surface area contributed by atoms with Crippen LogP contribution in [-0.2, 0) is 22.7 Å². The quantitative estimate of drug-likeness (QED) is 0.128. The molecule has 8 rings (SSSR count). The first kappa shape index (κ1) is 38.2. The fourth-order valence-electron chi connectivity index (χ4n) is 8.37. The van der Waals surface area contributed by atoms with Gasteiger partial charge in [0.05, 0.1) is 5.56 Å². The molecule has 2 saturated heterocycles. The number of nitrogens with zero attached hydrogens (tertiary/aromatic N) is 5. The summed E-state index contributed by atoms with van der Waals surface area (Å²) in [6.45, 7) is 6.32. The number of rotatable bonds is 11. The number of ether oxygens (including phenoxy) is 2. The number of fused-ring (bicyclic) bond motifs is 2. The highest BCUT2D eigenvalue weighted by Crippen LogP contribution is 2.39. The molecule has 3 atom stereocenters. The highest BCUT2D eigenvalue weighted by molar-refractivity contribution is 5.86. The Kier molecular flexibility index (Phi) is 10.5. The van der Waals surface area contributed by atoms with Gasteiger partial charge in [-0.1, -0.05) is 31.2 Å². The van der Waals surface area contributed by atoms with E-state index in [0.717, 1.165) is 66.0 Å². The average molecular weight is 775 g/mol. The summed E-state index contributed by atoms with van der Waals surface area (Å²) < 4.78 is 49.6. The van der Waals surface area contributed by atoms with Crippen molar-refractivity contribution < 1.29 is 31.9 Å². The molecule has 13 heteroatoms. The lowest BCUT2D eigenvalue weighted by molar-refractivity contribution is -0.147. The Labute approximate surface area is 329 Å². The minimum absolute atomic E-state index is 0.151. The number of aromatic nitrogens is 2. The van der Waals surface area contributed by atoms with Crippen molar-refractivity contribution in [2.75, 3.05) is 33.7 Å². The number of esters is 1. The summed E-state index contributed by atoms with van der Waals surface area (Å²) in [6, 6.07) is 21.0. The van der Waals surface area contributed by atoms with Crippen LogP contribution in [0.5, 0.6) is 5.75 Å². The van der Waals surface area contributed by atoms with E-state index in [2.05, 4.69) is 42.2 Å². The number of alkyl halides is 2. The summed E-state index contributed by atoms with van der Waals surface area (Å²) in [7, 11) is 4.24. The molecule has 4 heterocycles. The van der Waals surface area contributed by atoms with E-state index < -0.39 is 18.6 Å². The zero-order chi connectivity index (χ0) is 40.0. The standard InChI is InChI=1S/C44H44F2N6O5/c1-24-20-52(22-37(24)51(4)5)21-27-15-28(19-47)40-36(16-27)50-42(57-40)33-12-7-10-31(26(33)3)30-9-6-11-32(25(30)2)41-49-35-17-29(23-54-43(53)34-13-8-14-48-34)38(56-44(45)46)18-39(35)55-41/h6-7,9-12,15-18,24,34,37,44,48H,8,13-14,20-23H2,1-5H3/t24?,34-,37?/m0/s1. The lowest BCUT2D eigenvalue weighted by Crippen LogP contribution is -2.34. The summed E-state index contributed by atoms with van der Waals surface area (Å²) in [4.78, 5) is 26.9. The Morgan fingerprint density at radius 1 is 0.982 bits per heavy atom. The predicted octanol–water partition coefficient (Wildman–Crippen LogP) is 8.24. The number of carbonyl (C=O) groups excluding carboxylic acids is 1. The Bertz CT molecular complexity index is 2520. The normalized spacial score (nSPS) is 18.6. The number of hydrogen-bond acceptors (Lipinski definition) is 11. The molecule has 4 aromatic carbocycles. The van der Waals surface area contributed by atoms with Crippen molar-refractivity contribution in [3.8, 4) is 45.9 Å². The second-order valence-electron chi connectivity index (χ2n) is 15.4. The highest BCUT2D eigenvalue weighted by atomic mass is 19.3. The number of hydrogen-bond donors (Lipinski definition) is 1. The van der Waals surface area contributed by atoms with Gasteiger partial charge in [0.25, 0.3) is 0 Å². The van der Waals surface area contributed by atoms with E-state index in [-0.39, 0.29) is 23.5 Å². The second-order valence-corrected chi connectivity index (χ2v) is 15.4. The monoisotopic (exact) mass is 774 g/mol. The molecule has 0 saturated carbocycles. The Hall–Kier alpha value is -5.68. The first-order chi connectivity index (χ1) is 27.5. The summed E-state index contributed by atoms with van der Waals surface area (Å²) in [5.74, 6) is 0.678. The van der Waals surface area contributed by atoms with Gasteiger partial charge in [-0.3, -0.25) is 9.69 Å². The van der Waals surface area contributed by atoms with Gasteiger partial charge in [-0.2, -0.15) is 14.0 Å². The predicted molar refractivity (Wildman–Crippen MR) is 211 cm³/mol. The largest absolute Gasteiger partial charge is 0.460 e. The van der Waals surface area contributed by atoms with Crippen LogP contribution in [0.15, 0.2) is 69.5 Å². The van der Waals surface area contributed by atoms with Gasteiger partial charge in [0.1, 0.15) is 35.5 Å². The summed E-state index contributed by atoms with van der Waals surface area (Å²) in [5, 5.41) is 13.2. The summed E-state index contributed by atoms with van der Waals surface area (Å²) in [6.07, 6.45) is 1.52. The molecule has 6 aromatic rings. The average Bonchev–Trinajstić information content (AvgIpc) is 4.00. The van der Waals surface area contributed by atoms with Gasteiger partial charge >= 0.3 is 12.6 Å². The molecule has 1 N–H and O–H groups in total. The first-order valence-electron chi connectivity index (χ1n) is 19.2. The first-order valence-corrected chi connectivity index (χ1v) is 19.2. The maximum atomic E-state index is 13.4. The molecule has 0 bridgehead atoms. The van der Waals surface area contributed by atoms with Crippen LogP contribution >= 0.6 is 0 Å². The zero-order valence-corrected chi connectivity index (χ0v) is 32.6. The van der Waals surface area contributed by atoms with Crippen molar-refractivity contribution in [2.45, 2.75) is 65.5 Å². The van der Waals surface area contributed by atoms with Crippen molar-refractivity contribution in [3.63, 3.8) is 0 Å². The van der Waals surface area contributed by atoms with Gasteiger partial charge in [-0.05, 0) is 111 Å². The zero-order valence-electron chi connectivity index (χ0n) is 32.6. The number of likely N-dealkylation sites (tertiary alicyclic amines) is 1. The van der Waals surface area contributed by atoms with E-state index in [4.69, 9.17) is 28.3 Å². The topological polar surface area (TPSA) is 130 Å². The van der Waals surface area contributed by atoms with Crippen LogP contribution < -0.4 is 10.1 Å². The van der Waals surface area contributed by atoms with Crippen LogP contribution in [0.3, 0.4) is 0 Å². The van der Waals surface area contributed by atoms with Gasteiger partial charge in [0.15, 0.2) is 11.2 Å². The number of nitrogens with one attached hydrogen (secondary N) is 1. The fraction of sp³-hybridized carbons (Fsp3) is 0.364. The second kappa shape index (κ2) is 15.7. The van der Waals surface area contributed by atoms with Crippen molar-refractivity contribution >= 4 is 28.2 Å². The van der Waals surface area contributed by atoms with Crippen LogP contribution in [0.25, 0.3) is 56.2 Å². The third kappa shape index (κ3) is 7.60. The molecular formula is C44H44F2N6O5. The lowest BCUT2D eigenvalue weighted by atomic mass is 9.91. The number of benzene rings is 4. The van der Waals surface area contributed by atoms with E-state index in [1.807, 2.05) is 62.4 Å². The SMILES string of the molecule is Cc1c(-c2nc3cc(COC(=O)[C@@H]4CCCN4)c(OC(F)F)cc3o2)cccc1-c1cccc(-c2nc3cc(CN4CC(C)C(N(C)C)C4)cc(C#N)c3o2)c1C. The summed E-state index contributed by atoms with van der Waals surface area (Å²) in [5.41, 5.74) is 8.69. The maximum absolute atomic E-state index is 13.4. The van der Waals surface area contributed by atoms with Crippen molar-refractivity contribution in [1.82, 2.24) is 25.1 Å². The molecule has 0 radical (unpaired) electrons. The van der Waals surface area contributed by atoms with Crippen LogP contribution in [-0.4, -0.2) is 78.2 Å². The molecule has 11 nitrogen and oxygen atoms in total. The van der Waals surface area contributed by atoms with Gasteiger partial charge in [0.2, 0.25) is 11.8 Å². The third-order valence-corrected chi connectivity index (χ3v) is 11.3. The van der Waals surface area contributed by atoms with Crippen LogP contribution in [0, 0.1) is 31.1 Å². The Balaban J connectivity index is 1.09. The van der Waals surface area contributed by atoms with Gasteiger partial charge < -0.3 is 28.5 Å². The van der Waals surface area contributed by atoms with Crippen molar-refractivity contribution in [2.24, 2.45) is 5.92 Å². The summed E-state index contributed by atoms with van der Waals surface area (Å²) >= 11 is 0. The third-order valence-electron chi connectivity index (χ3n) is 11.3. The van der Waals surface area contributed by atoms with Gasteiger partial charge in [0, 0.05) is 48.4 Å². The Morgan fingerprint density at radius 3 is 2.30 bits per heavy atom. The van der Waals surface area contributed by atoms with Gasteiger partial charge in [-0.15, -0.1) is 0 Å². The number of oxazole rings is 2. The Morgan fingerprint density at radius 2 is 1.67 bits per heavy atom. The maximum Gasteiger partial charge on any atom is 0.387 e. The number of nitriles is 1. The smallest absolute Gasteiger partial charge is 0.387 e. The molecule has 2 aliphatic heterocycles. The van der Waals surface area contributed by atoms with E-state index in [1.165, 1.54) is 6.07 Å². The molecule has 2 unspecified atom stereocenters. The van der Waals surface area contributed by atoms with Crippen LogP contribution in [0.2, 0.25) is 0 Å². The van der Waals surface area contributed by atoms with E-state index in [1.54, 1.807) is 6.07 Å². The molecule has 2 fully saturated rings. The fourth-order valence-corrected chi connectivity index (χ4v) is 8.37. The van der Waals surface area contributed by atoms with Gasteiger partial charge in [-0.25, -0.2) is 9.97 Å². The minimum Gasteiger partial charge on any atom is -0.460 e. The minimum atomic E-state index is -3.09. The van der Waals surface area contributed by atoms with Crippen molar-refractivity contribution in [1.29, 1.82) is 5.26 Å². The van der Waals surface area contributed by atoms with Crippen LogP contribution in [0.1, 0.15) is 47.6 Å². The van der Waals surface area contributed by atoms with Crippen LogP contribution in [0.4, 0.5) is 8.78 Å².